The first-order chi connectivity index (χ1) is 8.89. The number of aliphatic hydroxyl groups excluding tert-OH is 1. The standard InChI is InChI=1S/C15H13F3O/c1-10(19)13-4-2-3-5-14(13)11-6-8-12(9-7-11)15(16,17)18/h2-10,19H,1H3/t10-/m1/s1. The molecule has 0 spiro atoms. The van der Waals surface area contributed by atoms with Gasteiger partial charge in [0.25, 0.3) is 0 Å². The van der Waals surface area contributed by atoms with Crippen molar-refractivity contribution in [3.05, 3.63) is 59.7 Å². The first-order valence-electron chi connectivity index (χ1n) is 5.84. The summed E-state index contributed by atoms with van der Waals surface area (Å²) in [6, 6.07) is 12.1. The molecule has 0 amide bonds. The second-order valence-corrected chi connectivity index (χ2v) is 4.34. The van der Waals surface area contributed by atoms with Crippen LogP contribution in [0.3, 0.4) is 0 Å². The molecule has 2 rings (SSSR count). The van der Waals surface area contributed by atoms with E-state index in [2.05, 4.69) is 0 Å². The molecular formula is C15H13F3O. The topological polar surface area (TPSA) is 20.2 Å². The summed E-state index contributed by atoms with van der Waals surface area (Å²) in [6.45, 7) is 1.63. The van der Waals surface area contributed by atoms with Crippen LogP contribution in [0.1, 0.15) is 24.2 Å². The van der Waals surface area contributed by atoms with E-state index in [0.717, 1.165) is 17.7 Å². The van der Waals surface area contributed by atoms with Crippen molar-refractivity contribution in [2.75, 3.05) is 0 Å². The second kappa shape index (κ2) is 5.05. The molecule has 0 radical (unpaired) electrons. The normalized spacial score (nSPS) is 13.3. The molecule has 1 N–H and O–H groups in total. The van der Waals surface area contributed by atoms with Crippen molar-refractivity contribution in [3.8, 4) is 11.1 Å². The lowest BCUT2D eigenvalue weighted by Crippen LogP contribution is -2.04. The van der Waals surface area contributed by atoms with Gasteiger partial charge < -0.3 is 5.11 Å². The largest absolute Gasteiger partial charge is 0.416 e. The molecule has 2 aromatic carbocycles. The van der Waals surface area contributed by atoms with Gasteiger partial charge in [-0.25, -0.2) is 0 Å². The van der Waals surface area contributed by atoms with Gasteiger partial charge in [0.2, 0.25) is 0 Å². The van der Waals surface area contributed by atoms with Crippen LogP contribution >= 0.6 is 0 Å². The second-order valence-electron chi connectivity index (χ2n) is 4.34. The van der Waals surface area contributed by atoms with Crippen molar-refractivity contribution in [3.63, 3.8) is 0 Å². The number of hydrogen-bond donors (Lipinski definition) is 1. The van der Waals surface area contributed by atoms with Gasteiger partial charge in [-0.05, 0) is 35.7 Å². The summed E-state index contributed by atoms with van der Waals surface area (Å²) >= 11 is 0. The van der Waals surface area contributed by atoms with Crippen LogP contribution in [0.15, 0.2) is 48.5 Å². The fraction of sp³-hybridized carbons (Fsp3) is 0.200. The Morgan fingerprint density at radius 3 is 2.05 bits per heavy atom. The van der Waals surface area contributed by atoms with Crippen molar-refractivity contribution >= 4 is 0 Å². The number of benzene rings is 2. The number of hydrogen-bond acceptors (Lipinski definition) is 1. The molecule has 0 aliphatic rings. The maximum Gasteiger partial charge on any atom is 0.416 e. The maximum atomic E-state index is 12.5. The Morgan fingerprint density at radius 1 is 0.947 bits per heavy atom. The lowest BCUT2D eigenvalue weighted by molar-refractivity contribution is -0.137. The lowest BCUT2D eigenvalue weighted by Gasteiger charge is -2.13. The van der Waals surface area contributed by atoms with E-state index in [-0.39, 0.29) is 0 Å². The van der Waals surface area contributed by atoms with Crippen molar-refractivity contribution in [1.82, 2.24) is 0 Å². The molecule has 4 heteroatoms. The Kier molecular flexibility index (Phi) is 3.62. The quantitative estimate of drug-likeness (QED) is 0.852. The molecule has 0 unspecified atom stereocenters. The minimum atomic E-state index is -4.33. The van der Waals surface area contributed by atoms with Crippen LogP contribution in [-0.4, -0.2) is 5.11 Å². The zero-order chi connectivity index (χ0) is 14.0. The summed E-state index contributed by atoms with van der Waals surface area (Å²) in [4.78, 5) is 0. The SMILES string of the molecule is C[C@@H](O)c1ccccc1-c1ccc(C(F)(F)F)cc1. The number of alkyl halides is 3. The van der Waals surface area contributed by atoms with E-state index in [4.69, 9.17) is 0 Å². The van der Waals surface area contributed by atoms with Crippen molar-refractivity contribution in [1.29, 1.82) is 0 Å². The lowest BCUT2D eigenvalue weighted by atomic mass is 9.96. The van der Waals surface area contributed by atoms with E-state index >= 15 is 0 Å². The molecule has 0 aliphatic heterocycles. The van der Waals surface area contributed by atoms with E-state index in [1.807, 2.05) is 0 Å². The van der Waals surface area contributed by atoms with Crippen LogP contribution in [-0.2, 0) is 6.18 Å². The van der Waals surface area contributed by atoms with Crippen molar-refractivity contribution in [2.45, 2.75) is 19.2 Å². The summed E-state index contributed by atoms with van der Waals surface area (Å²) in [5.41, 5.74) is 1.42. The molecule has 2 aromatic rings. The minimum Gasteiger partial charge on any atom is -0.389 e. The van der Waals surface area contributed by atoms with E-state index < -0.39 is 17.8 Å². The zero-order valence-corrected chi connectivity index (χ0v) is 10.3. The molecule has 1 atom stereocenters. The van der Waals surface area contributed by atoms with E-state index in [1.54, 1.807) is 31.2 Å². The number of aliphatic hydroxyl groups is 1. The molecule has 0 saturated heterocycles. The van der Waals surface area contributed by atoms with Crippen LogP contribution in [0.5, 0.6) is 0 Å². The minimum absolute atomic E-state index is 0.657. The average Bonchev–Trinajstić information content (AvgIpc) is 2.38. The Hall–Kier alpha value is -1.81. The Morgan fingerprint density at radius 2 is 1.53 bits per heavy atom. The number of halogens is 3. The predicted octanol–water partition coefficient (Wildman–Crippen LogP) is 4.43. The Bertz CT molecular complexity index is 556. The summed E-state index contributed by atoms with van der Waals surface area (Å²) in [5.74, 6) is 0. The van der Waals surface area contributed by atoms with E-state index in [1.165, 1.54) is 12.1 Å². The fourth-order valence-electron chi connectivity index (χ4n) is 1.96. The molecule has 100 valence electrons. The maximum absolute atomic E-state index is 12.5. The van der Waals surface area contributed by atoms with Crippen LogP contribution in [0.4, 0.5) is 13.2 Å². The zero-order valence-electron chi connectivity index (χ0n) is 10.3. The van der Waals surface area contributed by atoms with E-state index in [0.29, 0.717) is 11.1 Å². The summed E-state index contributed by atoms with van der Waals surface area (Å²) in [7, 11) is 0. The highest BCUT2D eigenvalue weighted by atomic mass is 19.4. The highest BCUT2D eigenvalue weighted by Gasteiger charge is 2.30. The van der Waals surface area contributed by atoms with Gasteiger partial charge in [-0.3, -0.25) is 0 Å². The summed E-state index contributed by atoms with van der Waals surface area (Å²) in [6.07, 6.45) is -5.00. The van der Waals surface area contributed by atoms with Crippen LogP contribution in [0, 0.1) is 0 Å². The molecular weight excluding hydrogens is 253 g/mol. The van der Waals surface area contributed by atoms with Gasteiger partial charge in [0.05, 0.1) is 11.7 Å². The van der Waals surface area contributed by atoms with Gasteiger partial charge >= 0.3 is 6.18 Å². The van der Waals surface area contributed by atoms with Crippen LogP contribution < -0.4 is 0 Å². The van der Waals surface area contributed by atoms with Crippen LogP contribution in [0.25, 0.3) is 11.1 Å². The molecule has 1 nitrogen and oxygen atoms in total. The van der Waals surface area contributed by atoms with E-state index in [9.17, 15) is 18.3 Å². The average molecular weight is 266 g/mol. The highest BCUT2D eigenvalue weighted by Crippen LogP contribution is 2.33. The van der Waals surface area contributed by atoms with Gasteiger partial charge in [0, 0.05) is 0 Å². The summed E-state index contributed by atoms with van der Waals surface area (Å²) < 4.78 is 37.5. The first-order valence-corrected chi connectivity index (χ1v) is 5.84. The Labute approximate surface area is 109 Å². The van der Waals surface area contributed by atoms with Gasteiger partial charge in [0.15, 0.2) is 0 Å². The molecule has 0 aromatic heterocycles. The summed E-state index contributed by atoms with van der Waals surface area (Å²) in [5, 5.41) is 9.67. The van der Waals surface area contributed by atoms with Crippen LogP contribution in [0.2, 0.25) is 0 Å². The smallest absolute Gasteiger partial charge is 0.389 e. The fourth-order valence-corrected chi connectivity index (χ4v) is 1.96. The molecule has 0 aliphatic carbocycles. The predicted molar refractivity (Wildman–Crippen MR) is 67.5 cm³/mol. The highest BCUT2D eigenvalue weighted by molar-refractivity contribution is 5.68. The van der Waals surface area contributed by atoms with Gasteiger partial charge in [-0.15, -0.1) is 0 Å². The molecule has 0 heterocycles. The molecule has 0 bridgehead atoms. The first kappa shape index (κ1) is 13.6. The molecule has 19 heavy (non-hydrogen) atoms. The van der Waals surface area contributed by atoms with Gasteiger partial charge in [-0.1, -0.05) is 36.4 Å². The van der Waals surface area contributed by atoms with Crippen molar-refractivity contribution < 1.29 is 18.3 Å². The van der Waals surface area contributed by atoms with Crippen molar-refractivity contribution in [2.24, 2.45) is 0 Å². The Balaban J connectivity index is 2.43. The molecule has 0 saturated carbocycles. The monoisotopic (exact) mass is 266 g/mol. The number of rotatable bonds is 2. The van der Waals surface area contributed by atoms with Gasteiger partial charge in [0.1, 0.15) is 0 Å². The third kappa shape index (κ3) is 2.96. The third-order valence-electron chi connectivity index (χ3n) is 2.93. The van der Waals surface area contributed by atoms with Gasteiger partial charge in [-0.2, -0.15) is 13.2 Å². The third-order valence-corrected chi connectivity index (χ3v) is 2.93. The molecule has 0 fully saturated rings.